The first-order chi connectivity index (χ1) is 15.0. The van der Waals surface area contributed by atoms with Gasteiger partial charge in [0.15, 0.2) is 0 Å². The number of carbonyl (C=O) groups excluding carboxylic acids is 2. The normalized spacial score (nSPS) is 18.4. The van der Waals surface area contributed by atoms with E-state index in [0.717, 1.165) is 30.4 Å². The van der Waals surface area contributed by atoms with Gasteiger partial charge in [-0.05, 0) is 49.6 Å². The van der Waals surface area contributed by atoms with E-state index in [-0.39, 0.29) is 17.7 Å². The number of hydrogen-bond acceptors (Lipinski definition) is 5. The second-order valence-electron chi connectivity index (χ2n) is 7.81. The van der Waals surface area contributed by atoms with Crippen molar-refractivity contribution in [2.24, 2.45) is 0 Å². The molecule has 0 saturated heterocycles. The molecule has 2 amide bonds. The molecule has 1 aliphatic rings. The van der Waals surface area contributed by atoms with E-state index in [9.17, 15) is 14.7 Å². The van der Waals surface area contributed by atoms with Crippen LogP contribution >= 0.6 is 0 Å². The van der Waals surface area contributed by atoms with Gasteiger partial charge in [-0.25, -0.2) is 4.98 Å². The Labute approximate surface area is 180 Å². The second kappa shape index (κ2) is 9.14. The fourth-order valence-electron chi connectivity index (χ4n) is 3.71. The van der Waals surface area contributed by atoms with Crippen LogP contribution in [0.1, 0.15) is 52.2 Å². The standard InChI is InChI=1S/C24H25N3O4/c1-15-11-12-17(22(29)26-18-9-5-6-10-20(18)28)13-19(15)27-23(30)21-14-25-24(31-21)16-7-3-2-4-8-16/h2-4,7-8,11-14,18,20,28H,5-6,9-10H2,1H3,(H,26,29)(H,27,30)/t18-,20-/m0/s1. The molecule has 7 heteroatoms. The van der Waals surface area contributed by atoms with E-state index in [0.29, 0.717) is 23.6 Å². The van der Waals surface area contributed by atoms with Crippen molar-refractivity contribution in [1.82, 2.24) is 10.3 Å². The minimum Gasteiger partial charge on any atom is -0.431 e. The van der Waals surface area contributed by atoms with Crippen LogP contribution in [0.15, 0.2) is 59.1 Å². The minimum absolute atomic E-state index is 0.0819. The molecule has 0 bridgehead atoms. The van der Waals surface area contributed by atoms with Crippen molar-refractivity contribution in [2.75, 3.05) is 5.32 Å². The van der Waals surface area contributed by atoms with Crippen molar-refractivity contribution in [3.8, 4) is 11.5 Å². The highest BCUT2D eigenvalue weighted by Gasteiger charge is 2.25. The maximum Gasteiger partial charge on any atom is 0.293 e. The summed E-state index contributed by atoms with van der Waals surface area (Å²) in [6.07, 6.45) is 4.28. The SMILES string of the molecule is Cc1ccc(C(=O)N[C@H]2CCCC[C@@H]2O)cc1NC(=O)c1cnc(-c2ccccc2)o1. The number of rotatable bonds is 5. The van der Waals surface area contributed by atoms with Crippen molar-refractivity contribution in [1.29, 1.82) is 0 Å². The third kappa shape index (κ3) is 4.83. The van der Waals surface area contributed by atoms with E-state index < -0.39 is 12.0 Å². The van der Waals surface area contributed by atoms with Gasteiger partial charge in [0.1, 0.15) is 0 Å². The molecule has 1 heterocycles. The average Bonchev–Trinajstić information content (AvgIpc) is 3.28. The number of hydrogen-bond donors (Lipinski definition) is 3. The Morgan fingerprint density at radius 3 is 2.61 bits per heavy atom. The van der Waals surface area contributed by atoms with Crippen LogP contribution in [0.2, 0.25) is 0 Å². The maximum atomic E-state index is 12.7. The number of aromatic nitrogens is 1. The number of aryl methyl sites for hydroxylation is 1. The Bertz CT molecular complexity index is 1080. The molecule has 0 unspecified atom stereocenters. The first-order valence-electron chi connectivity index (χ1n) is 10.4. The summed E-state index contributed by atoms with van der Waals surface area (Å²) >= 11 is 0. The van der Waals surface area contributed by atoms with Crippen LogP contribution in [0, 0.1) is 6.92 Å². The Balaban J connectivity index is 1.46. The molecule has 1 fully saturated rings. The molecule has 3 N–H and O–H groups in total. The minimum atomic E-state index is -0.521. The topological polar surface area (TPSA) is 104 Å². The molecule has 7 nitrogen and oxygen atoms in total. The zero-order valence-corrected chi connectivity index (χ0v) is 17.3. The number of aliphatic hydroxyl groups is 1. The molecule has 2 aromatic carbocycles. The Morgan fingerprint density at radius 1 is 1.06 bits per heavy atom. The van der Waals surface area contributed by atoms with Crippen LogP contribution < -0.4 is 10.6 Å². The molecule has 1 aliphatic carbocycles. The van der Waals surface area contributed by atoms with Gasteiger partial charge in [-0.2, -0.15) is 0 Å². The predicted octanol–water partition coefficient (Wildman–Crippen LogP) is 3.94. The number of anilines is 1. The molecular weight excluding hydrogens is 394 g/mol. The predicted molar refractivity (Wildman–Crippen MR) is 117 cm³/mol. The number of amides is 2. The number of carbonyl (C=O) groups is 2. The number of nitrogens with one attached hydrogen (secondary N) is 2. The fourth-order valence-corrected chi connectivity index (χ4v) is 3.71. The summed E-state index contributed by atoms with van der Waals surface area (Å²) in [4.78, 5) is 29.5. The lowest BCUT2D eigenvalue weighted by atomic mass is 9.92. The van der Waals surface area contributed by atoms with E-state index in [1.807, 2.05) is 37.3 Å². The maximum absolute atomic E-state index is 12.7. The van der Waals surface area contributed by atoms with Gasteiger partial charge in [-0.1, -0.05) is 37.1 Å². The highest BCUT2D eigenvalue weighted by molar-refractivity contribution is 6.04. The van der Waals surface area contributed by atoms with E-state index in [4.69, 9.17) is 4.42 Å². The van der Waals surface area contributed by atoms with Crippen LogP contribution in [0.3, 0.4) is 0 Å². The van der Waals surface area contributed by atoms with Gasteiger partial charge in [-0.15, -0.1) is 0 Å². The van der Waals surface area contributed by atoms with Crippen molar-refractivity contribution >= 4 is 17.5 Å². The third-order valence-corrected chi connectivity index (χ3v) is 5.54. The molecule has 0 radical (unpaired) electrons. The Kier molecular flexibility index (Phi) is 6.13. The van der Waals surface area contributed by atoms with Crippen molar-refractivity contribution in [2.45, 2.75) is 44.8 Å². The summed E-state index contributed by atoms with van der Waals surface area (Å²) in [5.41, 5.74) is 2.52. The van der Waals surface area contributed by atoms with Gasteiger partial charge in [0, 0.05) is 16.8 Å². The summed E-state index contributed by atoms with van der Waals surface area (Å²) < 4.78 is 5.60. The zero-order valence-electron chi connectivity index (χ0n) is 17.3. The number of nitrogens with zero attached hydrogens (tertiary/aromatic N) is 1. The molecule has 160 valence electrons. The first-order valence-corrected chi connectivity index (χ1v) is 10.4. The van der Waals surface area contributed by atoms with Crippen molar-refractivity contribution in [3.05, 3.63) is 71.6 Å². The Hall–Kier alpha value is -3.45. The van der Waals surface area contributed by atoms with Gasteiger partial charge >= 0.3 is 0 Å². The number of benzene rings is 2. The number of oxazole rings is 1. The molecule has 3 aromatic rings. The lowest BCUT2D eigenvalue weighted by Crippen LogP contribution is -2.45. The van der Waals surface area contributed by atoms with E-state index >= 15 is 0 Å². The molecule has 0 spiro atoms. The Morgan fingerprint density at radius 2 is 1.84 bits per heavy atom. The third-order valence-electron chi connectivity index (χ3n) is 5.54. The highest BCUT2D eigenvalue weighted by Crippen LogP contribution is 2.23. The van der Waals surface area contributed by atoms with Gasteiger partial charge in [0.25, 0.3) is 11.8 Å². The molecule has 1 saturated carbocycles. The smallest absolute Gasteiger partial charge is 0.293 e. The molecule has 1 aromatic heterocycles. The summed E-state index contributed by atoms with van der Waals surface area (Å²) in [6, 6.07) is 14.2. The van der Waals surface area contributed by atoms with Crippen LogP contribution in [-0.4, -0.2) is 34.1 Å². The quantitative estimate of drug-likeness (QED) is 0.581. The molecular formula is C24H25N3O4. The lowest BCUT2D eigenvalue weighted by Gasteiger charge is -2.28. The summed E-state index contributed by atoms with van der Waals surface area (Å²) in [5, 5.41) is 15.8. The van der Waals surface area contributed by atoms with E-state index in [1.54, 1.807) is 18.2 Å². The summed E-state index contributed by atoms with van der Waals surface area (Å²) in [7, 11) is 0. The molecule has 0 aliphatic heterocycles. The summed E-state index contributed by atoms with van der Waals surface area (Å²) in [5.74, 6) is -0.273. The van der Waals surface area contributed by atoms with Crippen LogP contribution in [-0.2, 0) is 0 Å². The highest BCUT2D eigenvalue weighted by atomic mass is 16.4. The van der Waals surface area contributed by atoms with Gasteiger partial charge in [-0.3, -0.25) is 9.59 Å². The molecule has 31 heavy (non-hydrogen) atoms. The first kappa shape index (κ1) is 20.8. The lowest BCUT2D eigenvalue weighted by molar-refractivity contribution is 0.0717. The van der Waals surface area contributed by atoms with Gasteiger partial charge < -0.3 is 20.2 Å². The van der Waals surface area contributed by atoms with Crippen molar-refractivity contribution in [3.63, 3.8) is 0 Å². The van der Waals surface area contributed by atoms with Crippen LogP contribution in [0.4, 0.5) is 5.69 Å². The van der Waals surface area contributed by atoms with Gasteiger partial charge in [0.05, 0.1) is 18.3 Å². The van der Waals surface area contributed by atoms with E-state index in [1.165, 1.54) is 6.20 Å². The van der Waals surface area contributed by atoms with Crippen LogP contribution in [0.25, 0.3) is 11.5 Å². The fraction of sp³-hybridized carbons (Fsp3) is 0.292. The molecule has 4 rings (SSSR count). The van der Waals surface area contributed by atoms with E-state index in [2.05, 4.69) is 15.6 Å². The average molecular weight is 419 g/mol. The van der Waals surface area contributed by atoms with Gasteiger partial charge in [0.2, 0.25) is 11.7 Å². The largest absolute Gasteiger partial charge is 0.431 e. The molecule has 2 atom stereocenters. The van der Waals surface area contributed by atoms with Crippen LogP contribution in [0.5, 0.6) is 0 Å². The summed E-state index contributed by atoms with van der Waals surface area (Å²) in [6.45, 7) is 1.85. The number of aliphatic hydroxyl groups excluding tert-OH is 1. The zero-order chi connectivity index (χ0) is 21.8. The second-order valence-corrected chi connectivity index (χ2v) is 7.81. The van der Waals surface area contributed by atoms with Crippen molar-refractivity contribution < 1.29 is 19.1 Å². The monoisotopic (exact) mass is 419 g/mol.